The van der Waals surface area contributed by atoms with Gasteiger partial charge < -0.3 is 45.9 Å². The lowest BCUT2D eigenvalue weighted by atomic mass is 10.3. The van der Waals surface area contributed by atoms with Gasteiger partial charge in [0.25, 0.3) is 9.28 Å². The number of hydrogen-bond acceptors (Lipinski definition) is 11. The third-order valence-corrected chi connectivity index (χ3v) is 49.1. The van der Waals surface area contributed by atoms with Crippen molar-refractivity contribution < 1.29 is 45.9 Å². The first-order valence-electron chi connectivity index (χ1n) is 27.7. The molecule has 11 nitrogen and oxygen atoms in total. The summed E-state index contributed by atoms with van der Waals surface area (Å²) in [6.45, 7) is 52.3. The summed E-state index contributed by atoms with van der Waals surface area (Å²) in [5, 5.41) is 3.79. The van der Waals surface area contributed by atoms with Crippen molar-refractivity contribution in [1.29, 1.82) is 0 Å². The van der Waals surface area contributed by atoms with E-state index < -0.39 is 124 Å². The fraction of sp³-hybridized carbons (Fsp3) is 0.633. The number of benzene rings is 3. The Morgan fingerprint density at radius 3 is 1.16 bits per heavy atom. The van der Waals surface area contributed by atoms with Crippen molar-refractivity contribution >= 4 is 139 Å². The van der Waals surface area contributed by atoms with Crippen molar-refractivity contribution in [2.45, 2.75) is 188 Å². The molecule has 2 aliphatic heterocycles. The molecule has 3 aromatic rings. The van der Waals surface area contributed by atoms with Gasteiger partial charge in [-0.2, -0.15) is 0 Å². The molecule has 4 atom stereocenters. The maximum Gasteiger partial charge on any atom is 0.505 e. The topological polar surface area (TPSA) is 102 Å². The zero-order valence-corrected chi connectivity index (χ0v) is 66.2. The molecule has 0 radical (unpaired) electrons. The Bertz CT molecular complexity index is 1850. The van der Waals surface area contributed by atoms with Crippen LogP contribution < -0.4 is 15.6 Å². The molecule has 0 N–H and O–H groups in total. The smallest absolute Gasteiger partial charge is 0.442 e. The van der Waals surface area contributed by atoms with Crippen molar-refractivity contribution in [2.24, 2.45) is 0 Å². The van der Waals surface area contributed by atoms with E-state index in [9.17, 15) is 0 Å². The summed E-state index contributed by atoms with van der Waals surface area (Å²) in [4.78, 5) is 0. The van der Waals surface area contributed by atoms with E-state index in [1.807, 2.05) is 24.3 Å². The van der Waals surface area contributed by atoms with Crippen LogP contribution in [-0.2, 0) is 45.9 Å². The van der Waals surface area contributed by atoms with E-state index in [-0.39, 0.29) is 0 Å². The minimum absolute atomic E-state index is 0.595. The average molecular weight is 1270 g/mol. The summed E-state index contributed by atoms with van der Waals surface area (Å²) in [5.41, 5.74) is 0. The third kappa shape index (κ3) is 34.4. The summed E-state index contributed by atoms with van der Waals surface area (Å²) in [5.74, 6) is 0. The van der Waals surface area contributed by atoms with Crippen LogP contribution in [0.3, 0.4) is 0 Å². The van der Waals surface area contributed by atoms with Crippen LogP contribution in [0, 0.1) is 0 Å². The highest BCUT2D eigenvalue weighted by atomic mass is 28.5. The monoisotopic (exact) mass is 1260 g/mol. The van der Waals surface area contributed by atoms with Gasteiger partial charge in [0.05, 0.1) is 0 Å². The summed E-state index contributed by atoms with van der Waals surface area (Å²) in [6.07, 6.45) is 5.35. The maximum absolute atomic E-state index is 6.54. The van der Waals surface area contributed by atoms with Crippen LogP contribution in [0.15, 0.2) is 91.0 Å². The molecule has 426 valence electrons. The number of rotatable bonds is 21. The molecule has 0 saturated carbocycles. The van der Waals surface area contributed by atoms with Gasteiger partial charge in [-0.15, -0.1) is 0 Å². The lowest BCUT2D eigenvalue weighted by molar-refractivity contribution is 0.273. The highest BCUT2D eigenvalue weighted by Gasteiger charge is 2.48. The second-order valence-corrected chi connectivity index (χ2v) is 67.2. The second kappa shape index (κ2) is 35.9. The molecule has 5 rings (SSSR count). The van der Waals surface area contributed by atoms with Crippen molar-refractivity contribution in [3.05, 3.63) is 91.0 Å². The Kier molecular flexibility index (Phi) is 35.0. The molecule has 2 saturated heterocycles. The zero-order chi connectivity index (χ0) is 56.4. The Labute approximate surface area is 474 Å². The molecular formula is C49H108O11Si14. The van der Waals surface area contributed by atoms with Gasteiger partial charge in [0.1, 0.15) is 0 Å². The highest BCUT2D eigenvalue weighted by Crippen LogP contribution is 2.22. The molecule has 2 fully saturated rings. The van der Waals surface area contributed by atoms with Crippen LogP contribution in [-0.4, -0.2) is 137 Å². The Morgan fingerprint density at radius 1 is 0.419 bits per heavy atom. The SMILES string of the molecule is C[SiH](C)O[SiH](C)O[Si](C)(O[Si](C)(C)C)c1ccccc1.C[SiH](C)O[Si](C)(O[SiH](C)C)O[Si](C)(C)C.C[SiH](C)O[Si](O[SiH](C)C)(O[Si](C)(C)C)c1ccccc1.C[SiH]1CCCCO1.c1ccc([SiH]2CCCCO2)cc1. The molecule has 3 aromatic carbocycles. The molecular weight excluding hydrogens is 1160 g/mol. The van der Waals surface area contributed by atoms with E-state index in [4.69, 9.17) is 45.9 Å². The van der Waals surface area contributed by atoms with E-state index in [2.05, 4.69) is 217 Å². The van der Waals surface area contributed by atoms with E-state index in [1.165, 1.54) is 48.1 Å². The number of hydrogen-bond donors (Lipinski definition) is 0. The van der Waals surface area contributed by atoms with Crippen LogP contribution in [0.1, 0.15) is 25.7 Å². The summed E-state index contributed by atoms with van der Waals surface area (Å²) in [7, 11) is -21.4. The van der Waals surface area contributed by atoms with Crippen LogP contribution in [0.25, 0.3) is 0 Å². The molecule has 25 heteroatoms. The van der Waals surface area contributed by atoms with Gasteiger partial charge in [-0.25, -0.2) is 0 Å². The van der Waals surface area contributed by atoms with Crippen LogP contribution in [0.4, 0.5) is 0 Å². The van der Waals surface area contributed by atoms with Crippen LogP contribution >= 0.6 is 0 Å². The minimum Gasteiger partial charge on any atom is -0.442 e. The Morgan fingerprint density at radius 2 is 0.824 bits per heavy atom. The van der Waals surface area contributed by atoms with Gasteiger partial charge >= 0.3 is 26.2 Å². The summed E-state index contributed by atoms with van der Waals surface area (Å²) in [6, 6.07) is 34.1. The fourth-order valence-corrected chi connectivity index (χ4v) is 51.3. The van der Waals surface area contributed by atoms with Crippen LogP contribution in [0.2, 0.25) is 163 Å². The van der Waals surface area contributed by atoms with Gasteiger partial charge in [0.15, 0.2) is 79.2 Å². The van der Waals surface area contributed by atoms with E-state index in [1.54, 1.807) is 0 Å². The van der Waals surface area contributed by atoms with Crippen LogP contribution in [0.5, 0.6) is 0 Å². The highest BCUT2D eigenvalue weighted by molar-refractivity contribution is 6.92. The Hall–Kier alpha value is 0.256. The first kappa shape index (κ1) is 72.3. The fourth-order valence-electron chi connectivity index (χ4n) is 8.20. The van der Waals surface area contributed by atoms with Gasteiger partial charge in [-0.1, -0.05) is 104 Å². The van der Waals surface area contributed by atoms with E-state index in [0.717, 1.165) is 18.4 Å². The zero-order valence-electron chi connectivity index (χ0n) is 50.9. The largest absolute Gasteiger partial charge is 0.505 e. The minimum atomic E-state index is -2.75. The van der Waals surface area contributed by atoms with Gasteiger partial charge in [-0.3, -0.25) is 0 Å². The first-order valence-corrected chi connectivity index (χ1v) is 64.5. The Balaban J connectivity index is 0.000000478. The standard InChI is InChI=1S/2C13H28O3Si4.C10H14OSi.C8H26O3Si4.C5H12OSi/c1-17(2)14-18(3)15-20(7,16-19(4,5)6)13-11-9-8-10-12-13;1-17(2)14-20(15-18(3)4,16-19(5,6)7)13-11-9-8-10-12-13;1-2-6-10(7-3-1)12-9-5-4-8-11-12;1-12(2)9-15(8,10-13(3)4)11-14(5,6)7;1-7-5-3-2-4-6-7/h2*8-12,17-18H,1-7H3;1-3,6-7,12H,4-5,8-9H2;12-13H,1-8H3;7H,2-5H2,1H3. The quantitative estimate of drug-likeness (QED) is 0.0953. The molecule has 0 amide bonds. The second-order valence-electron chi connectivity index (χ2n) is 23.7. The summed E-state index contributed by atoms with van der Waals surface area (Å²) < 4.78 is 67.7. The predicted octanol–water partition coefficient (Wildman–Crippen LogP) is 10.4. The molecule has 0 aliphatic carbocycles. The lowest BCUT2D eigenvalue weighted by Gasteiger charge is -2.38. The molecule has 0 aromatic heterocycles. The van der Waals surface area contributed by atoms with Crippen molar-refractivity contribution in [3.8, 4) is 0 Å². The van der Waals surface area contributed by atoms with Crippen molar-refractivity contribution in [3.63, 3.8) is 0 Å². The molecule has 74 heavy (non-hydrogen) atoms. The van der Waals surface area contributed by atoms with Crippen molar-refractivity contribution in [1.82, 2.24) is 0 Å². The lowest BCUT2D eigenvalue weighted by Crippen LogP contribution is -2.63. The third-order valence-electron chi connectivity index (χ3n) is 10.2. The maximum atomic E-state index is 6.54. The molecule has 0 spiro atoms. The van der Waals surface area contributed by atoms with E-state index >= 15 is 0 Å². The molecule has 0 bridgehead atoms. The molecule has 2 heterocycles. The van der Waals surface area contributed by atoms with Crippen molar-refractivity contribution in [2.75, 3.05) is 13.2 Å². The van der Waals surface area contributed by atoms with Gasteiger partial charge in [-0.05, 0) is 179 Å². The average Bonchev–Trinajstić information content (AvgIpc) is 3.25. The predicted molar refractivity (Wildman–Crippen MR) is 355 cm³/mol. The first-order chi connectivity index (χ1) is 34.2. The molecule has 4 unspecified atom stereocenters. The normalized spacial score (nSPS) is 18.0. The van der Waals surface area contributed by atoms with Gasteiger partial charge in [0.2, 0.25) is 9.04 Å². The summed E-state index contributed by atoms with van der Waals surface area (Å²) >= 11 is 0. The molecule has 2 aliphatic rings. The van der Waals surface area contributed by atoms with E-state index in [0.29, 0.717) is 0 Å². The van der Waals surface area contributed by atoms with Gasteiger partial charge in [0, 0.05) is 24.9 Å².